The maximum absolute atomic E-state index is 13.8. The van der Waals surface area contributed by atoms with Gasteiger partial charge in [-0.05, 0) is 54.4 Å². The molecule has 3 aromatic rings. The quantitative estimate of drug-likeness (QED) is 0.414. The van der Waals surface area contributed by atoms with E-state index in [1.807, 2.05) is 37.3 Å². The van der Waals surface area contributed by atoms with Crippen molar-refractivity contribution in [2.45, 2.75) is 32.8 Å². The van der Waals surface area contributed by atoms with Crippen LogP contribution in [0.15, 0.2) is 72.8 Å². The van der Waals surface area contributed by atoms with E-state index >= 15 is 0 Å². The molecule has 3 rings (SSSR count). The topological polar surface area (TPSA) is 27.7 Å². The van der Waals surface area contributed by atoms with Crippen molar-refractivity contribution in [1.82, 2.24) is 0 Å². The Morgan fingerprint density at radius 3 is 2.34 bits per heavy atom. The summed E-state index contributed by atoms with van der Waals surface area (Å²) in [6, 6.07) is 22.0. The lowest BCUT2D eigenvalue weighted by atomic mass is 9.85. The van der Waals surface area contributed by atoms with E-state index in [1.54, 1.807) is 24.3 Å². The Bertz CT molecular complexity index is 919. The van der Waals surface area contributed by atoms with Crippen LogP contribution in [0.4, 0.5) is 4.39 Å². The number of hydrogen-bond acceptors (Lipinski definition) is 3. The van der Waals surface area contributed by atoms with Gasteiger partial charge in [0, 0.05) is 5.41 Å². The summed E-state index contributed by atoms with van der Waals surface area (Å²) < 4.78 is 30.9. The predicted octanol–water partition coefficient (Wildman–Crippen LogP) is 6.51. The molecule has 0 atom stereocenters. The summed E-state index contributed by atoms with van der Waals surface area (Å²) in [4.78, 5) is 0. The number of rotatable bonds is 9. The van der Waals surface area contributed by atoms with Gasteiger partial charge in [-0.3, -0.25) is 0 Å². The summed E-state index contributed by atoms with van der Waals surface area (Å²) in [7, 11) is 0. The summed E-state index contributed by atoms with van der Waals surface area (Å²) in [5, 5.41) is 0. The Hall–Kier alpha value is -2.85. The highest BCUT2D eigenvalue weighted by molar-refractivity contribution is 5.35. The molecular weight excluding hydrogens is 367 g/mol. The molecule has 0 unspecified atom stereocenters. The number of halogens is 1. The van der Waals surface area contributed by atoms with Gasteiger partial charge in [0.2, 0.25) is 0 Å². The third kappa shape index (κ3) is 5.81. The fourth-order valence-corrected chi connectivity index (χ4v) is 3.03. The third-order valence-corrected chi connectivity index (χ3v) is 4.64. The van der Waals surface area contributed by atoms with Crippen molar-refractivity contribution < 1.29 is 18.6 Å². The lowest BCUT2D eigenvalue weighted by molar-refractivity contribution is 0.0824. The van der Waals surface area contributed by atoms with Crippen molar-refractivity contribution in [2.24, 2.45) is 0 Å². The SMILES string of the molecule is CCOc1ccc(C(C)(C)COCc2cccc(Oc3ccccc3F)c2)cc1. The minimum absolute atomic E-state index is 0.133. The molecular formula is C25H27FO3. The van der Waals surface area contributed by atoms with Crippen LogP contribution in [-0.2, 0) is 16.8 Å². The van der Waals surface area contributed by atoms with Crippen molar-refractivity contribution in [3.63, 3.8) is 0 Å². The summed E-state index contributed by atoms with van der Waals surface area (Å²) >= 11 is 0. The molecule has 29 heavy (non-hydrogen) atoms. The Balaban J connectivity index is 1.57. The zero-order valence-electron chi connectivity index (χ0n) is 17.2. The molecule has 4 heteroatoms. The van der Waals surface area contributed by atoms with Crippen LogP contribution in [0.1, 0.15) is 31.9 Å². The van der Waals surface area contributed by atoms with Crippen molar-refractivity contribution >= 4 is 0 Å². The van der Waals surface area contributed by atoms with Crippen LogP contribution in [0.25, 0.3) is 0 Å². The number of hydrogen-bond donors (Lipinski definition) is 0. The van der Waals surface area contributed by atoms with Gasteiger partial charge in [-0.15, -0.1) is 0 Å². The maximum atomic E-state index is 13.8. The zero-order chi connectivity index (χ0) is 20.7. The van der Waals surface area contributed by atoms with Crippen LogP contribution in [0.3, 0.4) is 0 Å². The van der Waals surface area contributed by atoms with Crippen LogP contribution in [0.5, 0.6) is 17.2 Å². The van der Waals surface area contributed by atoms with Crippen LogP contribution in [-0.4, -0.2) is 13.2 Å². The maximum Gasteiger partial charge on any atom is 0.165 e. The van der Waals surface area contributed by atoms with Crippen molar-refractivity contribution in [3.05, 3.63) is 89.7 Å². The minimum Gasteiger partial charge on any atom is -0.494 e. The second-order valence-electron chi connectivity index (χ2n) is 7.51. The highest BCUT2D eigenvalue weighted by atomic mass is 19.1. The van der Waals surface area contributed by atoms with E-state index in [0.717, 1.165) is 11.3 Å². The molecule has 0 bridgehead atoms. The van der Waals surface area contributed by atoms with Crippen molar-refractivity contribution in [3.8, 4) is 17.2 Å². The molecule has 0 saturated carbocycles. The van der Waals surface area contributed by atoms with Gasteiger partial charge in [0.15, 0.2) is 11.6 Å². The molecule has 3 nitrogen and oxygen atoms in total. The summed E-state index contributed by atoms with van der Waals surface area (Å²) in [6.45, 7) is 7.96. The van der Waals surface area contributed by atoms with E-state index in [2.05, 4.69) is 26.0 Å². The second-order valence-corrected chi connectivity index (χ2v) is 7.51. The standard InChI is InChI=1S/C25H27FO3/c1-4-28-21-14-12-20(13-15-21)25(2,3)18-27-17-19-8-7-9-22(16-19)29-24-11-6-5-10-23(24)26/h5-16H,4,17-18H2,1-3H3. The Morgan fingerprint density at radius 2 is 1.62 bits per heavy atom. The Morgan fingerprint density at radius 1 is 0.862 bits per heavy atom. The van der Waals surface area contributed by atoms with Gasteiger partial charge in [-0.25, -0.2) is 4.39 Å². The number of para-hydroxylation sites is 1. The van der Waals surface area contributed by atoms with Gasteiger partial charge in [0.05, 0.1) is 19.8 Å². The first-order valence-electron chi connectivity index (χ1n) is 9.80. The molecule has 0 spiro atoms. The fraction of sp³-hybridized carbons (Fsp3) is 0.280. The van der Waals surface area contributed by atoms with E-state index in [9.17, 15) is 4.39 Å². The first-order valence-corrected chi connectivity index (χ1v) is 9.80. The normalized spacial score (nSPS) is 11.3. The average Bonchev–Trinajstić information content (AvgIpc) is 2.71. The molecule has 0 saturated heterocycles. The number of ether oxygens (including phenoxy) is 3. The summed E-state index contributed by atoms with van der Waals surface area (Å²) in [5.41, 5.74) is 2.03. The summed E-state index contributed by atoms with van der Waals surface area (Å²) in [6.07, 6.45) is 0. The van der Waals surface area contributed by atoms with Crippen LogP contribution in [0.2, 0.25) is 0 Å². The minimum atomic E-state index is -0.383. The molecule has 0 aliphatic rings. The van der Waals surface area contributed by atoms with Crippen molar-refractivity contribution in [1.29, 1.82) is 0 Å². The molecule has 0 fully saturated rings. The van der Waals surface area contributed by atoms with Gasteiger partial charge in [0.25, 0.3) is 0 Å². The van der Waals surface area contributed by atoms with Gasteiger partial charge < -0.3 is 14.2 Å². The Labute approximate surface area is 172 Å². The molecule has 0 heterocycles. The lowest BCUT2D eigenvalue weighted by Gasteiger charge is -2.25. The first-order chi connectivity index (χ1) is 14.0. The van der Waals surface area contributed by atoms with Gasteiger partial charge in [-0.2, -0.15) is 0 Å². The lowest BCUT2D eigenvalue weighted by Crippen LogP contribution is -2.24. The average molecular weight is 394 g/mol. The van der Waals surface area contributed by atoms with Crippen molar-refractivity contribution in [2.75, 3.05) is 13.2 Å². The molecule has 152 valence electrons. The molecule has 0 aliphatic heterocycles. The molecule has 0 aromatic heterocycles. The van der Waals surface area contributed by atoms with Gasteiger partial charge >= 0.3 is 0 Å². The number of benzene rings is 3. The summed E-state index contributed by atoms with van der Waals surface area (Å²) in [5.74, 6) is 1.29. The van der Waals surface area contributed by atoms with E-state index in [-0.39, 0.29) is 17.0 Å². The fourth-order valence-electron chi connectivity index (χ4n) is 3.03. The Kier molecular flexibility index (Phi) is 6.89. The third-order valence-electron chi connectivity index (χ3n) is 4.64. The van der Waals surface area contributed by atoms with Crippen LogP contribution in [0, 0.1) is 5.82 Å². The molecule has 0 radical (unpaired) electrons. The largest absolute Gasteiger partial charge is 0.494 e. The van der Waals surface area contributed by atoms with Crippen LogP contribution < -0.4 is 9.47 Å². The van der Waals surface area contributed by atoms with E-state index < -0.39 is 0 Å². The van der Waals surface area contributed by atoms with Gasteiger partial charge in [-0.1, -0.05) is 50.2 Å². The molecule has 0 N–H and O–H groups in total. The first kappa shape index (κ1) is 20.9. The van der Waals surface area contributed by atoms with E-state index in [0.29, 0.717) is 25.6 Å². The highest BCUT2D eigenvalue weighted by Gasteiger charge is 2.21. The molecule has 3 aromatic carbocycles. The molecule has 0 amide bonds. The zero-order valence-corrected chi connectivity index (χ0v) is 17.2. The predicted molar refractivity (Wildman–Crippen MR) is 113 cm³/mol. The van der Waals surface area contributed by atoms with Crippen LogP contribution >= 0.6 is 0 Å². The second kappa shape index (κ2) is 9.57. The molecule has 0 aliphatic carbocycles. The van der Waals surface area contributed by atoms with E-state index in [1.165, 1.54) is 11.6 Å². The van der Waals surface area contributed by atoms with Gasteiger partial charge in [0.1, 0.15) is 11.5 Å². The highest BCUT2D eigenvalue weighted by Crippen LogP contribution is 2.27. The smallest absolute Gasteiger partial charge is 0.165 e. The van der Waals surface area contributed by atoms with E-state index in [4.69, 9.17) is 14.2 Å². The monoisotopic (exact) mass is 394 g/mol.